The molecule has 144 valence electrons. The molecular weight excluding hydrogens is 408 g/mol. The molecule has 8 nitrogen and oxygen atoms in total. The molecule has 9 heteroatoms. The van der Waals surface area contributed by atoms with Gasteiger partial charge in [0.05, 0.1) is 19.8 Å². The van der Waals surface area contributed by atoms with Gasteiger partial charge in [-0.3, -0.25) is 0 Å². The highest BCUT2D eigenvalue weighted by Crippen LogP contribution is 2.30. The highest BCUT2D eigenvalue weighted by molar-refractivity contribution is 9.10. The van der Waals surface area contributed by atoms with E-state index in [-0.39, 0.29) is 13.2 Å². The summed E-state index contributed by atoms with van der Waals surface area (Å²) >= 11 is 3.27. The predicted molar refractivity (Wildman–Crippen MR) is 95.8 cm³/mol. The average Bonchev–Trinajstić information content (AvgIpc) is 2.76. The van der Waals surface area contributed by atoms with Crippen LogP contribution >= 0.6 is 15.9 Å². The lowest BCUT2D eigenvalue weighted by Crippen LogP contribution is -2.48. The highest BCUT2D eigenvalue weighted by atomic mass is 79.9. The zero-order valence-corrected chi connectivity index (χ0v) is 16.6. The molecule has 1 N–H and O–H groups in total. The number of ether oxygens (including phenoxy) is 3. The van der Waals surface area contributed by atoms with Gasteiger partial charge in [-0.25, -0.2) is 14.6 Å². The lowest BCUT2D eigenvalue weighted by molar-refractivity contribution is -0.156. The summed E-state index contributed by atoms with van der Waals surface area (Å²) in [6, 6.07) is 3.49. The van der Waals surface area contributed by atoms with Crippen molar-refractivity contribution in [2.24, 2.45) is 0 Å². The van der Waals surface area contributed by atoms with Gasteiger partial charge < -0.3 is 24.2 Å². The number of aliphatic carboxylic acids is 1. The fourth-order valence-corrected chi connectivity index (χ4v) is 2.75. The van der Waals surface area contributed by atoms with Gasteiger partial charge >= 0.3 is 12.1 Å². The maximum atomic E-state index is 12.5. The van der Waals surface area contributed by atoms with Gasteiger partial charge in [-0.1, -0.05) is 6.07 Å². The molecule has 1 saturated heterocycles. The monoisotopic (exact) mass is 430 g/mol. The van der Waals surface area contributed by atoms with Crippen molar-refractivity contribution in [1.82, 2.24) is 9.88 Å². The van der Waals surface area contributed by atoms with Crippen molar-refractivity contribution < 1.29 is 28.9 Å². The van der Waals surface area contributed by atoms with Gasteiger partial charge in [-0.2, -0.15) is 0 Å². The molecule has 2 rings (SSSR count). The van der Waals surface area contributed by atoms with Crippen molar-refractivity contribution in [2.75, 3.05) is 32.9 Å². The zero-order valence-electron chi connectivity index (χ0n) is 15.0. The van der Waals surface area contributed by atoms with E-state index >= 15 is 0 Å². The van der Waals surface area contributed by atoms with Crippen LogP contribution in [0.4, 0.5) is 4.79 Å². The number of carbonyl (C=O) groups excluding carboxylic acids is 1. The number of pyridine rings is 1. The normalized spacial score (nSPS) is 21.2. The summed E-state index contributed by atoms with van der Waals surface area (Å²) in [5, 5.41) is 9.05. The van der Waals surface area contributed by atoms with Crippen LogP contribution in [0.5, 0.6) is 0 Å². The second kappa shape index (κ2) is 8.32. The van der Waals surface area contributed by atoms with Gasteiger partial charge in [0.1, 0.15) is 22.4 Å². The summed E-state index contributed by atoms with van der Waals surface area (Å²) in [6.45, 7) is 5.63. The van der Waals surface area contributed by atoms with E-state index in [0.717, 1.165) is 0 Å². The smallest absolute Gasteiger partial charge is 0.410 e. The van der Waals surface area contributed by atoms with Crippen molar-refractivity contribution in [3.8, 4) is 0 Å². The van der Waals surface area contributed by atoms with Crippen molar-refractivity contribution in [3.05, 3.63) is 28.5 Å². The Balaban J connectivity index is 2.33. The molecule has 0 spiro atoms. The molecule has 0 aliphatic carbocycles. The Bertz CT molecular complexity index is 646. The van der Waals surface area contributed by atoms with Crippen molar-refractivity contribution >= 4 is 28.0 Å². The van der Waals surface area contributed by atoms with Crippen LogP contribution in [0.2, 0.25) is 0 Å². The van der Waals surface area contributed by atoms with Gasteiger partial charge in [0.25, 0.3) is 0 Å². The van der Waals surface area contributed by atoms with E-state index in [2.05, 4.69) is 20.9 Å². The summed E-state index contributed by atoms with van der Waals surface area (Å²) in [7, 11) is 0. The predicted octanol–water partition coefficient (Wildman–Crippen LogP) is 2.41. The molecule has 26 heavy (non-hydrogen) atoms. The zero-order chi connectivity index (χ0) is 19.4. The quantitative estimate of drug-likeness (QED) is 0.732. The summed E-state index contributed by atoms with van der Waals surface area (Å²) in [5.41, 5.74) is -1.18. The molecular formula is C17H23BrN2O6. The Hall–Kier alpha value is -1.71. The lowest BCUT2D eigenvalue weighted by atomic mass is 9.95. The molecule has 1 aromatic heterocycles. The number of aromatic nitrogens is 1. The third-order valence-electron chi connectivity index (χ3n) is 3.66. The van der Waals surface area contributed by atoms with Crippen LogP contribution in [-0.4, -0.2) is 65.6 Å². The molecule has 2 heterocycles. The summed E-state index contributed by atoms with van der Waals surface area (Å²) in [6.07, 6.45) is 1.07. The van der Waals surface area contributed by atoms with Crippen molar-refractivity contribution in [1.29, 1.82) is 0 Å². The van der Waals surface area contributed by atoms with E-state index in [1.165, 1.54) is 4.90 Å². The molecule has 1 atom stereocenters. The lowest BCUT2D eigenvalue weighted by Gasteiger charge is -2.35. The molecule has 0 saturated carbocycles. The first-order valence-corrected chi connectivity index (χ1v) is 8.94. The van der Waals surface area contributed by atoms with Gasteiger partial charge in [0.2, 0.25) is 0 Å². The molecule has 1 aliphatic rings. The van der Waals surface area contributed by atoms with E-state index in [1.54, 1.807) is 39.1 Å². The summed E-state index contributed by atoms with van der Waals surface area (Å²) in [4.78, 5) is 29.3. The maximum Gasteiger partial charge on any atom is 0.410 e. The number of carboxylic acids is 1. The SMILES string of the molecule is CC(C)(C)OC(=O)N1CCOCC(OCC(=O)O)(c2ccc(Br)nc2)C1. The molecule has 0 bridgehead atoms. The third-order valence-corrected chi connectivity index (χ3v) is 4.13. The van der Waals surface area contributed by atoms with E-state index in [1.807, 2.05) is 0 Å². The van der Waals surface area contributed by atoms with Crippen LogP contribution in [0, 0.1) is 0 Å². The number of halogens is 1. The third kappa shape index (κ3) is 5.65. The Morgan fingerprint density at radius 2 is 2.15 bits per heavy atom. The van der Waals surface area contributed by atoms with Crippen LogP contribution in [0.1, 0.15) is 26.3 Å². The van der Waals surface area contributed by atoms with E-state index in [4.69, 9.17) is 19.3 Å². The number of hydrogen-bond donors (Lipinski definition) is 1. The largest absolute Gasteiger partial charge is 0.480 e. The molecule has 1 amide bonds. The van der Waals surface area contributed by atoms with Crippen LogP contribution in [-0.2, 0) is 24.6 Å². The van der Waals surface area contributed by atoms with Crippen LogP contribution in [0.3, 0.4) is 0 Å². The Morgan fingerprint density at radius 3 is 2.73 bits per heavy atom. The average molecular weight is 431 g/mol. The minimum absolute atomic E-state index is 0.0957. The Labute approximate surface area is 160 Å². The molecule has 1 unspecified atom stereocenters. The van der Waals surface area contributed by atoms with Crippen molar-refractivity contribution in [3.63, 3.8) is 0 Å². The molecule has 0 aromatic carbocycles. The van der Waals surface area contributed by atoms with Crippen molar-refractivity contribution in [2.45, 2.75) is 32.0 Å². The van der Waals surface area contributed by atoms with Gasteiger partial charge in [-0.15, -0.1) is 0 Å². The molecule has 1 aromatic rings. The van der Waals surface area contributed by atoms with Crippen LogP contribution in [0.15, 0.2) is 22.9 Å². The summed E-state index contributed by atoms with van der Waals surface area (Å²) < 4.78 is 17.4. The molecule has 1 fully saturated rings. The van der Waals surface area contributed by atoms with E-state index in [9.17, 15) is 9.59 Å². The highest BCUT2D eigenvalue weighted by Gasteiger charge is 2.41. The number of hydrogen-bond acceptors (Lipinski definition) is 6. The number of carbonyl (C=O) groups is 2. The standard InChI is InChI=1S/C17H23BrN2O6/c1-16(2,3)26-15(23)20-6-7-24-11-17(10-20,25-9-14(21)22)12-4-5-13(18)19-8-12/h4-5,8H,6-7,9-11H2,1-3H3,(H,21,22). The second-order valence-electron chi connectivity index (χ2n) is 7.00. The molecule has 0 radical (unpaired) electrons. The van der Waals surface area contributed by atoms with Gasteiger partial charge in [0.15, 0.2) is 0 Å². The minimum Gasteiger partial charge on any atom is -0.480 e. The van der Waals surface area contributed by atoms with Gasteiger partial charge in [0, 0.05) is 18.3 Å². The summed E-state index contributed by atoms with van der Waals surface area (Å²) in [5.74, 6) is -1.11. The van der Waals surface area contributed by atoms with E-state index in [0.29, 0.717) is 23.3 Å². The fraction of sp³-hybridized carbons (Fsp3) is 0.588. The minimum atomic E-state index is -1.15. The number of nitrogens with zero attached hydrogens (tertiary/aromatic N) is 2. The first kappa shape index (κ1) is 20.6. The second-order valence-corrected chi connectivity index (χ2v) is 7.81. The van der Waals surface area contributed by atoms with Crippen LogP contribution in [0.25, 0.3) is 0 Å². The topological polar surface area (TPSA) is 98.2 Å². The number of amides is 1. The number of rotatable bonds is 4. The van der Waals surface area contributed by atoms with Gasteiger partial charge in [-0.05, 0) is 42.8 Å². The Kier molecular flexibility index (Phi) is 6.59. The van der Waals surface area contributed by atoms with E-state index < -0.39 is 29.9 Å². The van der Waals surface area contributed by atoms with Crippen LogP contribution < -0.4 is 0 Å². The first-order valence-electron chi connectivity index (χ1n) is 8.15. The fourth-order valence-electron chi connectivity index (χ4n) is 2.52. The first-order chi connectivity index (χ1) is 12.1. The number of carboxylic acid groups (broad SMARTS) is 1. The molecule has 1 aliphatic heterocycles. The maximum absolute atomic E-state index is 12.5. The Morgan fingerprint density at radius 1 is 1.42 bits per heavy atom.